The standard InChI is InChI=1S/C13H10O2.C2H4O2S/c14-12-9-5-4-8-11(12)13(15)10-6-2-1-3-7-10;3-2(4)1-5/h1-9,14H;5H,1H2,(H,3,4). The molecule has 0 bridgehead atoms. The second-order valence-electron chi connectivity index (χ2n) is 3.76. The van der Waals surface area contributed by atoms with Gasteiger partial charge in [0.2, 0.25) is 0 Å². The van der Waals surface area contributed by atoms with Gasteiger partial charge in [-0.2, -0.15) is 12.6 Å². The Labute approximate surface area is 122 Å². The Morgan fingerprint density at radius 1 is 0.950 bits per heavy atom. The van der Waals surface area contributed by atoms with E-state index >= 15 is 0 Å². The number of phenolic OH excluding ortho intramolecular Hbond substituents is 1. The summed E-state index contributed by atoms with van der Waals surface area (Å²) in [6.45, 7) is 0. The lowest BCUT2D eigenvalue weighted by atomic mass is 10.0. The Kier molecular flexibility index (Phi) is 6.32. The second kappa shape index (κ2) is 8.01. The van der Waals surface area contributed by atoms with Crippen molar-refractivity contribution < 1.29 is 19.8 Å². The van der Waals surface area contributed by atoms with Gasteiger partial charge in [-0.15, -0.1) is 0 Å². The molecular weight excluding hydrogens is 276 g/mol. The third kappa shape index (κ3) is 4.78. The lowest BCUT2D eigenvalue weighted by molar-refractivity contribution is -0.133. The summed E-state index contributed by atoms with van der Waals surface area (Å²) >= 11 is 3.42. The Morgan fingerprint density at radius 3 is 1.95 bits per heavy atom. The molecule has 0 aliphatic carbocycles. The SMILES string of the molecule is O=C(O)CS.O=C(c1ccccc1)c1ccccc1O. The van der Waals surface area contributed by atoms with Gasteiger partial charge in [-0.25, -0.2) is 0 Å². The van der Waals surface area contributed by atoms with Crippen LogP contribution in [0.4, 0.5) is 0 Å². The van der Waals surface area contributed by atoms with Crippen molar-refractivity contribution >= 4 is 24.4 Å². The molecular formula is C15H14O4S. The van der Waals surface area contributed by atoms with Crippen LogP contribution >= 0.6 is 12.6 Å². The van der Waals surface area contributed by atoms with Gasteiger partial charge in [0.25, 0.3) is 0 Å². The molecule has 0 aliphatic rings. The molecule has 5 heteroatoms. The predicted octanol–water partition coefficient (Wildman–Crippen LogP) is 2.62. The van der Waals surface area contributed by atoms with Crippen LogP contribution in [0.25, 0.3) is 0 Å². The highest BCUT2D eigenvalue weighted by Crippen LogP contribution is 2.19. The number of rotatable bonds is 3. The highest BCUT2D eigenvalue weighted by molar-refractivity contribution is 7.81. The Hall–Kier alpha value is -2.27. The van der Waals surface area contributed by atoms with Gasteiger partial charge in [-0.3, -0.25) is 9.59 Å². The molecule has 2 N–H and O–H groups in total. The third-order valence-corrected chi connectivity index (χ3v) is 2.59. The van der Waals surface area contributed by atoms with Gasteiger partial charge in [0.1, 0.15) is 5.75 Å². The first-order valence-electron chi connectivity index (χ1n) is 5.76. The van der Waals surface area contributed by atoms with Crippen molar-refractivity contribution in [2.45, 2.75) is 0 Å². The predicted molar refractivity (Wildman–Crippen MR) is 79.5 cm³/mol. The topological polar surface area (TPSA) is 74.6 Å². The Bertz CT molecular complexity index is 581. The number of thiol groups is 1. The number of para-hydroxylation sites is 1. The first-order valence-corrected chi connectivity index (χ1v) is 6.40. The van der Waals surface area contributed by atoms with Crippen LogP contribution in [-0.2, 0) is 4.79 Å². The summed E-state index contributed by atoms with van der Waals surface area (Å²) in [6.07, 6.45) is 0. The molecule has 0 atom stereocenters. The van der Waals surface area contributed by atoms with Crippen molar-refractivity contribution in [3.05, 3.63) is 65.7 Å². The Morgan fingerprint density at radius 2 is 1.45 bits per heavy atom. The lowest BCUT2D eigenvalue weighted by Gasteiger charge is -2.02. The zero-order valence-electron chi connectivity index (χ0n) is 10.6. The molecule has 0 heterocycles. The van der Waals surface area contributed by atoms with Crippen molar-refractivity contribution in [2.75, 3.05) is 5.75 Å². The summed E-state index contributed by atoms with van der Waals surface area (Å²) in [5.41, 5.74) is 0.919. The fraction of sp³-hybridized carbons (Fsp3) is 0.0667. The largest absolute Gasteiger partial charge is 0.507 e. The number of aliphatic carboxylic acids is 1. The van der Waals surface area contributed by atoms with E-state index in [1.54, 1.807) is 42.5 Å². The van der Waals surface area contributed by atoms with Gasteiger partial charge in [-0.1, -0.05) is 42.5 Å². The quantitative estimate of drug-likeness (QED) is 0.600. The van der Waals surface area contributed by atoms with Crippen LogP contribution in [-0.4, -0.2) is 27.7 Å². The number of carbonyl (C=O) groups is 2. The number of carboxylic acid groups (broad SMARTS) is 1. The minimum atomic E-state index is -0.881. The molecule has 0 radical (unpaired) electrons. The minimum Gasteiger partial charge on any atom is -0.507 e. The van der Waals surface area contributed by atoms with Crippen LogP contribution < -0.4 is 0 Å². The van der Waals surface area contributed by atoms with Gasteiger partial charge in [0.15, 0.2) is 5.78 Å². The molecule has 0 saturated heterocycles. The van der Waals surface area contributed by atoms with Crippen molar-refractivity contribution in [1.82, 2.24) is 0 Å². The van der Waals surface area contributed by atoms with Crippen molar-refractivity contribution in [1.29, 1.82) is 0 Å². The number of ketones is 1. The molecule has 104 valence electrons. The number of benzene rings is 2. The summed E-state index contributed by atoms with van der Waals surface area (Å²) in [7, 11) is 0. The highest BCUT2D eigenvalue weighted by atomic mass is 32.1. The number of phenols is 1. The summed E-state index contributed by atoms with van der Waals surface area (Å²) in [4.78, 5) is 21.2. The molecule has 0 unspecified atom stereocenters. The second-order valence-corrected chi connectivity index (χ2v) is 4.08. The molecule has 0 spiro atoms. The summed E-state index contributed by atoms with van der Waals surface area (Å²) in [6, 6.07) is 15.5. The number of hydrogen-bond acceptors (Lipinski definition) is 4. The van der Waals surface area contributed by atoms with Crippen molar-refractivity contribution in [2.24, 2.45) is 0 Å². The number of hydrogen-bond donors (Lipinski definition) is 3. The summed E-state index contributed by atoms with van der Waals surface area (Å²) < 4.78 is 0. The van der Waals surface area contributed by atoms with Gasteiger partial charge in [-0.05, 0) is 12.1 Å². The van der Waals surface area contributed by atoms with Gasteiger partial charge in [0, 0.05) is 5.56 Å². The van der Waals surface area contributed by atoms with Crippen molar-refractivity contribution in [3.8, 4) is 5.75 Å². The van der Waals surface area contributed by atoms with Crippen LogP contribution in [0.15, 0.2) is 54.6 Å². The maximum absolute atomic E-state index is 11.9. The molecule has 0 aromatic heterocycles. The Balaban J connectivity index is 0.000000347. The van der Waals surface area contributed by atoms with E-state index in [0.29, 0.717) is 11.1 Å². The van der Waals surface area contributed by atoms with Crippen LogP contribution in [0.2, 0.25) is 0 Å². The third-order valence-electron chi connectivity index (χ3n) is 2.32. The molecule has 2 aromatic carbocycles. The first-order chi connectivity index (χ1) is 9.56. The van der Waals surface area contributed by atoms with E-state index in [-0.39, 0.29) is 17.3 Å². The summed E-state index contributed by atoms with van der Waals surface area (Å²) in [5.74, 6) is -1.10. The zero-order chi connectivity index (χ0) is 15.0. The average Bonchev–Trinajstić information content (AvgIpc) is 2.48. The fourth-order valence-corrected chi connectivity index (χ4v) is 1.41. The number of carbonyl (C=O) groups excluding carboxylic acids is 1. The molecule has 0 saturated carbocycles. The average molecular weight is 290 g/mol. The molecule has 2 rings (SSSR count). The lowest BCUT2D eigenvalue weighted by Crippen LogP contribution is -2.00. The van der Waals surface area contributed by atoms with Gasteiger partial charge in [0.05, 0.1) is 11.3 Å². The minimum absolute atomic E-state index is 0.0198. The maximum atomic E-state index is 11.9. The van der Waals surface area contributed by atoms with E-state index in [1.165, 1.54) is 6.07 Å². The van der Waals surface area contributed by atoms with E-state index in [1.807, 2.05) is 6.07 Å². The molecule has 2 aromatic rings. The molecule has 0 amide bonds. The van der Waals surface area contributed by atoms with E-state index < -0.39 is 5.97 Å². The zero-order valence-corrected chi connectivity index (χ0v) is 11.5. The number of carboxylic acids is 1. The molecule has 20 heavy (non-hydrogen) atoms. The van der Waals surface area contributed by atoms with E-state index in [4.69, 9.17) is 5.11 Å². The summed E-state index contributed by atoms with van der Waals surface area (Å²) in [5, 5.41) is 17.2. The molecule has 0 aliphatic heterocycles. The van der Waals surface area contributed by atoms with Crippen LogP contribution in [0, 0.1) is 0 Å². The van der Waals surface area contributed by atoms with Crippen LogP contribution in [0.5, 0.6) is 5.75 Å². The first kappa shape index (κ1) is 15.8. The molecule has 0 fully saturated rings. The van der Waals surface area contributed by atoms with E-state index in [2.05, 4.69) is 12.6 Å². The maximum Gasteiger partial charge on any atom is 0.313 e. The normalized spacial score (nSPS) is 9.25. The van der Waals surface area contributed by atoms with Crippen molar-refractivity contribution in [3.63, 3.8) is 0 Å². The van der Waals surface area contributed by atoms with Gasteiger partial charge < -0.3 is 10.2 Å². The monoisotopic (exact) mass is 290 g/mol. The smallest absolute Gasteiger partial charge is 0.313 e. The number of aromatic hydroxyl groups is 1. The van der Waals surface area contributed by atoms with E-state index in [0.717, 1.165) is 0 Å². The van der Waals surface area contributed by atoms with Crippen LogP contribution in [0.1, 0.15) is 15.9 Å². The fourth-order valence-electron chi connectivity index (χ4n) is 1.41. The van der Waals surface area contributed by atoms with Crippen LogP contribution in [0.3, 0.4) is 0 Å². The van der Waals surface area contributed by atoms with E-state index in [9.17, 15) is 14.7 Å². The highest BCUT2D eigenvalue weighted by Gasteiger charge is 2.11. The van der Waals surface area contributed by atoms with Gasteiger partial charge >= 0.3 is 5.97 Å². The molecule has 4 nitrogen and oxygen atoms in total.